The van der Waals surface area contributed by atoms with E-state index in [-0.39, 0.29) is 0 Å². The molecule has 0 fully saturated rings. The average molecular weight is 609 g/mol. The molecule has 0 bridgehead atoms. The number of aromatic nitrogens is 2. The molecule has 0 saturated heterocycles. The number of hydrogen-bond acceptors (Lipinski definition) is 0. The highest BCUT2D eigenvalue weighted by Gasteiger charge is 2.29. The van der Waals surface area contributed by atoms with Gasteiger partial charge in [0, 0.05) is 43.7 Å². The van der Waals surface area contributed by atoms with Crippen LogP contribution in [0.1, 0.15) is 0 Å². The lowest BCUT2D eigenvalue weighted by atomic mass is 9.92. The van der Waals surface area contributed by atoms with Gasteiger partial charge in [-0.15, -0.1) is 0 Å². The van der Waals surface area contributed by atoms with Crippen LogP contribution in [0, 0.1) is 0 Å². The van der Waals surface area contributed by atoms with Gasteiger partial charge in [-0.2, -0.15) is 0 Å². The molecular formula is C46H28N2. The van der Waals surface area contributed by atoms with E-state index in [2.05, 4.69) is 179 Å². The third-order valence-corrected chi connectivity index (χ3v) is 10.4. The summed E-state index contributed by atoms with van der Waals surface area (Å²) in [4.78, 5) is 0. The largest absolute Gasteiger partial charge is 0.309 e. The summed E-state index contributed by atoms with van der Waals surface area (Å²) >= 11 is 0. The van der Waals surface area contributed by atoms with E-state index < -0.39 is 0 Å². The summed E-state index contributed by atoms with van der Waals surface area (Å²) in [6.07, 6.45) is 0. The zero-order valence-electron chi connectivity index (χ0n) is 26.1. The highest BCUT2D eigenvalue weighted by atomic mass is 15.0. The van der Waals surface area contributed by atoms with Gasteiger partial charge in [-0.3, -0.25) is 0 Å². The van der Waals surface area contributed by atoms with Crippen LogP contribution in [0.3, 0.4) is 0 Å². The lowest BCUT2D eigenvalue weighted by Gasteiger charge is -2.16. The topological polar surface area (TPSA) is 9.86 Å². The van der Waals surface area contributed by atoms with Gasteiger partial charge in [0.15, 0.2) is 0 Å². The maximum absolute atomic E-state index is 2.55. The Bertz CT molecular complexity index is 2920. The second kappa shape index (κ2) is 9.57. The van der Waals surface area contributed by atoms with Crippen LogP contribution < -0.4 is 0 Å². The summed E-state index contributed by atoms with van der Waals surface area (Å²) in [6.45, 7) is 0. The second-order valence-corrected chi connectivity index (χ2v) is 12.9. The highest BCUT2D eigenvalue weighted by Crippen LogP contribution is 2.53. The SMILES string of the molecule is c1ccc(-c2cccc(-n3c4cccc5c4c4c6c(cccc6c6c(c7ccccc7n6-c6ccccc6)c43)-c3ccccc3-5)c2)cc1. The molecule has 0 unspecified atom stereocenters. The Balaban J connectivity index is 1.45. The predicted octanol–water partition coefficient (Wildman–Crippen LogP) is 12.3. The minimum absolute atomic E-state index is 1.16. The minimum Gasteiger partial charge on any atom is -0.309 e. The van der Waals surface area contributed by atoms with E-state index >= 15 is 0 Å². The molecule has 0 spiro atoms. The first-order valence-corrected chi connectivity index (χ1v) is 16.6. The van der Waals surface area contributed by atoms with Crippen LogP contribution in [0.25, 0.3) is 99.1 Å². The first-order valence-electron chi connectivity index (χ1n) is 16.6. The molecule has 11 rings (SSSR count). The van der Waals surface area contributed by atoms with Gasteiger partial charge >= 0.3 is 0 Å². The van der Waals surface area contributed by atoms with Gasteiger partial charge in [-0.1, -0.05) is 133 Å². The van der Waals surface area contributed by atoms with Crippen LogP contribution in [-0.2, 0) is 0 Å². The fourth-order valence-corrected chi connectivity index (χ4v) is 8.54. The van der Waals surface area contributed by atoms with Crippen molar-refractivity contribution in [3.8, 4) is 44.8 Å². The number of fused-ring (bicyclic) bond motifs is 8. The van der Waals surface area contributed by atoms with Crippen molar-refractivity contribution in [2.45, 2.75) is 0 Å². The van der Waals surface area contributed by atoms with E-state index in [1.54, 1.807) is 0 Å². The Morgan fingerprint density at radius 1 is 0.292 bits per heavy atom. The van der Waals surface area contributed by atoms with Crippen molar-refractivity contribution in [1.82, 2.24) is 9.13 Å². The smallest absolute Gasteiger partial charge is 0.0648 e. The molecule has 1 aliphatic rings. The lowest BCUT2D eigenvalue weighted by molar-refractivity contribution is 1.18. The van der Waals surface area contributed by atoms with Gasteiger partial charge in [-0.05, 0) is 69.8 Å². The molecule has 2 aromatic heterocycles. The number of rotatable bonds is 3. The fraction of sp³-hybridized carbons (Fsp3) is 0. The van der Waals surface area contributed by atoms with E-state index in [4.69, 9.17) is 0 Å². The first-order chi connectivity index (χ1) is 23.9. The first kappa shape index (κ1) is 25.8. The van der Waals surface area contributed by atoms with Gasteiger partial charge in [-0.25, -0.2) is 0 Å². The summed E-state index contributed by atoms with van der Waals surface area (Å²) in [5.74, 6) is 0. The van der Waals surface area contributed by atoms with Crippen molar-refractivity contribution in [3.63, 3.8) is 0 Å². The number of para-hydroxylation sites is 2. The van der Waals surface area contributed by atoms with Gasteiger partial charge in [0.2, 0.25) is 0 Å². The van der Waals surface area contributed by atoms with Gasteiger partial charge < -0.3 is 9.13 Å². The van der Waals surface area contributed by atoms with Gasteiger partial charge in [0.25, 0.3) is 0 Å². The molecule has 10 aromatic rings. The lowest BCUT2D eigenvalue weighted by Crippen LogP contribution is -1.98. The normalized spacial score (nSPS) is 12.2. The van der Waals surface area contributed by atoms with E-state index in [0.717, 1.165) is 5.69 Å². The molecule has 2 heterocycles. The molecule has 2 heteroatoms. The van der Waals surface area contributed by atoms with Crippen LogP contribution >= 0.6 is 0 Å². The van der Waals surface area contributed by atoms with Crippen LogP contribution in [0.5, 0.6) is 0 Å². The Labute approximate surface area is 277 Å². The molecule has 8 aromatic carbocycles. The molecule has 0 aliphatic heterocycles. The standard InChI is InChI=1S/C46H28N2/c1-3-14-29(15-4-1)30-16-11-19-32(28-30)48-40-27-13-24-36-34-21-8-7-20-33(34)35-23-12-25-38-41(35)44(42(36)40)46(48)43-37-22-9-10-26-39(37)47(45(38)43)31-17-5-2-6-18-31/h1-28H. The van der Waals surface area contributed by atoms with Crippen LogP contribution in [-0.4, -0.2) is 9.13 Å². The Kier molecular flexibility index (Phi) is 5.14. The Morgan fingerprint density at radius 2 is 0.833 bits per heavy atom. The summed E-state index contributed by atoms with van der Waals surface area (Å²) in [7, 11) is 0. The van der Waals surface area contributed by atoms with Crippen LogP contribution in [0.15, 0.2) is 170 Å². The highest BCUT2D eigenvalue weighted by molar-refractivity contribution is 6.40. The average Bonchev–Trinajstić information content (AvgIpc) is 3.65. The summed E-state index contributed by atoms with van der Waals surface area (Å²) in [5.41, 5.74) is 14.8. The maximum Gasteiger partial charge on any atom is 0.0648 e. The molecule has 0 saturated carbocycles. The maximum atomic E-state index is 2.55. The van der Waals surface area contributed by atoms with E-state index in [1.165, 1.54) is 93.5 Å². The fourth-order valence-electron chi connectivity index (χ4n) is 8.54. The number of hydrogen-bond donors (Lipinski definition) is 0. The van der Waals surface area contributed by atoms with Crippen molar-refractivity contribution in [2.75, 3.05) is 0 Å². The molecule has 0 radical (unpaired) electrons. The predicted molar refractivity (Wildman–Crippen MR) is 202 cm³/mol. The van der Waals surface area contributed by atoms with Crippen molar-refractivity contribution in [1.29, 1.82) is 0 Å². The van der Waals surface area contributed by atoms with Gasteiger partial charge in [0.05, 0.1) is 22.1 Å². The summed E-state index contributed by atoms with van der Waals surface area (Å²) < 4.78 is 5.04. The Hall–Kier alpha value is -6.38. The number of benzene rings is 8. The third-order valence-electron chi connectivity index (χ3n) is 10.4. The summed E-state index contributed by atoms with van der Waals surface area (Å²) in [6, 6.07) is 62.3. The van der Waals surface area contributed by atoms with Gasteiger partial charge in [0.1, 0.15) is 0 Å². The number of nitrogens with zero attached hydrogens (tertiary/aromatic N) is 2. The molecule has 0 atom stereocenters. The zero-order valence-corrected chi connectivity index (χ0v) is 26.1. The van der Waals surface area contributed by atoms with E-state index in [1.807, 2.05) is 0 Å². The second-order valence-electron chi connectivity index (χ2n) is 12.9. The molecule has 1 aliphatic carbocycles. The van der Waals surface area contributed by atoms with Crippen molar-refractivity contribution in [2.24, 2.45) is 0 Å². The van der Waals surface area contributed by atoms with Crippen LogP contribution in [0.4, 0.5) is 0 Å². The molecule has 2 nitrogen and oxygen atoms in total. The monoisotopic (exact) mass is 608 g/mol. The van der Waals surface area contributed by atoms with Crippen molar-refractivity contribution in [3.05, 3.63) is 170 Å². The van der Waals surface area contributed by atoms with E-state index in [9.17, 15) is 0 Å². The summed E-state index contributed by atoms with van der Waals surface area (Å²) in [5, 5.41) is 7.79. The minimum atomic E-state index is 1.16. The Morgan fingerprint density at radius 3 is 1.65 bits per heavy atom. The quantitative estimate of drug-likeness (QED) is 0.189. The molecule has 222 valence electrons. The zero-order chi connectivity index (χ0) is 31.3. The van der Waals surface area contributed by atoms with Crippen molar-refractivity contribution >= 4 is 54.4 Å². The third kappa shape index (κ3) is 3.31. The molecule has 0 N–H and O–H groups in total. The van der Waals surface area contributed by atoms with Crippen molar-refractivity contribution < 1.29 is 0 Å². The molecular weight excluding hydrogens is 581 g/mol. The molecule has 0 amide bonds. The van der Waals surface area contributed by atoms with E-state index in [0.29, 0.717) is 0 Å². The van der Waals surface area contributed by atoms with Crippen LogP contribution in [0.2, 0.25) is 0 Å². The molecule has 48 heavy (non-hydrogen) atoms.